The number of benzene rings is 1. The first-order valence-corrected chi connectivity index (χ1v) is 11.4. The second-order valence-corrected chi connectivity index (χ2v) is 9.51. The molecule has 3 fully saturated rings. The highest BCUT2D eigenvalue weighted by molar-refractivity contribution is 5.23. The van der Waals surface area contributed by atoms with Crippen molar-refractivity contribution in [3.63, 3.8) is 0 Å². The van der Waals surface area contributed by atoms with Crippen molar-refractivity contribution in [1.82, 2.24) is 0 Å². The molecule has 0 N–H and O–H groups in total. The maximum atomic E-state index is 13.5. The van der Waals surface area contributed by atoms with Crippen molar-refractivity contribution in [2.75, 3.05) is 0 Å². The van der Waals surface area contributed by atoms with Crippen LogP contribution in [-0.2, 0) is 0 Å². The Hall–Kier alpha value is -1.25. The van der Waals surface area contributed by atoms with Gasteiger partial charge in [-0.3, -0.25) is 0 Å². The van der Waals surface area contributed by atoms with Crippen molar-refractivity contribution < 1.29 is 13.2 Å². The molecule has 0 amide bonds. The van der Waals surface area contributed by atoms with E-state index in [1.807, 2.05) is 0 Å². The summed E-state index contributed by atoms with van der Waals surface area (Å²) in [6.07, 6.45) is 20.1. The third-order valence-electron chi connectivity index (χ3n) is 7.79. The average Bonchev–Trinajstić information content (AvgIpc) is 3.24. The first-order valence-electron chi connectivity index (χ1n) is 11.4. The van der Waals surface area contributed by atoms with Crippen LogP contribution in [0, 0.1) is 41.1 Å². The normalized spacial score (nSPS) is 32.2. The summed E-state index contributed by atoms with van der Waals surface area (Å²) in [5.74, 6) is -0.0951. The van der Waals surface area contributed by atoms with E-state index in [0.29, 0.717) is 5.56 Å². The predicted octanol–water partition coefficient (Wildman–Crippen LogP) is 7.93. The summed E-state index contributed by atoms with van der Waals surface area (Å²) in [7, 11) is 0. The summed E-state index contributed by atoms with van der Waals surface area (Å²) in [6.45, 7) is 0. The smallest absolute Gasteiger partial charge is 0.194 e. The fourth-order valence-corrected chi connectivity index (χ4v) is 6.01. The summed E-state index contributed by atoms with van der Waals surface area (Å²) < 4.78 is 40.3. The number of hydrogen-bond donors (Lipinski definition) is 0. The van der Waals surface area contributed by atoms with E-state index in [2.05, 4.69) is 12.2 Å². The minimum absolute atomic E-state index is 0.173. The second-order valence-electron chi connectivity index (χ2n) is 9.51. The van der Waals surface area contributed by atoms with Gasteiger partial charge in [-0.05, 0) is 111 Å². The van der Waals surface area contributed by atoms with Crippen molar-refractivity contribution in [2.45, 2.75) is 83.0 Å². The number of halogens is 3. The van der Waals surface area contributed by atoms with Crippen LogP contribution in [0.1, 0.15) is 88.5 Å². The van der Waals surface area contributed by atoms with Crippen molar-refractivity contribution >= 4 is 0 Å². The molecular weight excluding hydrogens is 357 g/mol. The molecule has 0 nitrogen and oxygen atoms in total. The van der Waals surface area contributed by atoms with Gasteiger partial charge >= 0.3 is 0 Å². The molecule has 0 atom stereocenters. The third-order valence-corrected chi connectivity index (χ3v) is 7.79. The van der Waals surface area contributed by atoms with Gasteiger partial charge < -0.3 is 0 Å². The molecule has 3 heteroatoms. The largest absolute Gasteiger partial charge is 0.204 e. The van der Waals surface area contributed by atoms with Gasteiger partial charge in [0.25, 0.3) is 0 Å². The van der Waals surface area contributed by atoms with Crippen LogP contribution >= 0.6 is 0 Å². The van der Waals surface area contributed by atoms with Gasteiger partial charge in [0.1, 0.15) is 0 Å². The quantitative estimate of drug-likeness (QED) is 0.362. The van der Waals surface area contributed by atoms with E-state index in [-0.39, 0.29) is 5.92 Å². The van der Waals surface area contributed by atoms with Crippen LogP contribution < -0.4 is 0 Å². The van der Waals surface area contributed by atoms with Gasteiger partial charge in [-0.1, -0.05) is 25.0 Å². The fraction of sp³-hybridized carbons (Fsp3) is 0.680. The monoisotopic (exact) mass is 390 g/mol. The van der Waals surface area contributed by atoms with Crippen LogP contribution in [-0.4, -0.2) is 0 Å². The second kappa shape index (κ2) is 9.05. The molecular formula is C25H33F3. The van der Waals surface area contributed by atoms with Crippen molar-refractivity contribution in [1.29, 1.82) is 0 Å². The van der Waals surface area contributed by atoms with Crippen LogP contribution in [0.5, 0.6) is 0 Å². The van der Waals surface area contributed by atoms with Crippen molar-refractivity contribution in [3.8, 4) is 0 Å². The maximum Gasteiger partial charge on any atom is 0.194 e. The highest BCUT2D eigenvalue weighted by atomic mass is 19.2. The fourth-order valence-electron chi connectivity index (χ4n) is 6.01. The molecule has 154 valence electrons. The summed E-state index contributed by atoms with van der Waals surface area (Å²) in [5.41, 5.74) is 0.635. The molecule has 28 heavy (non-hydrogen) atoms. The summed E-state index contributed by atoms with van der Waals surface area (Å²) in [4.78, 5) is 0. The maximum absolute atomic E-state index is 13.5. The molecule has 3 aliphatic carbocycles. The first-order chi connectivity index (χ1) is 13.6. The molecule has 0 aromatic heterocycles. The lowest BCUT2D eigenvalue weighted by Crippen LogP contribution is -2.25. The summed E-state index contributed by atoms with van der Waals surface area (Å²) in [5, 5.41) is 0. The number of rotatable bonds is 4. The lowest BCUT2D eigenvalue weighted by atomic mass is 9.68. The average molecular weight is 391 g/mol. The van der Waals surface area contributed by atoms with Gasteiger partial charge in [0.15, 0.2) is 17.5 Å². The Morgan fingerprint density at radius 1 is 0.607 bits per heavy atom. The van der Waals surface area contributed by atoms with Crippen molar-refractivity contribution in [2.24, 2.45) is 23.7 Å². The number of hydrogen-bond acceptors (Lipinski definition) is 0. The molecule has 4 rings (SSSR count). The molecule has 0 heterocycles. The van der Waals surface area contributed by atoms with Crippen LogP contribution in [0.2, 0.25) is 0 Å². The molecule has 0 radical (unpaired) electrons. The first kappa shape index (κ1) is 20.0. The molecule has 0 saturated heterocycles. The Balaban J connectivity index is 1.24. The SMILES string of the molecule is Fc1cc([C@H]2CC[C@H]([C@H]3CC[C@H](C=CC4CCCC4)CC3)CC2)cc(F)c1F. The van der Waals surface area contributed by atoms with E-state index >= 15 is 0 Å². The standard InChI is InChI=1S/C25H33F3/c26-23-15-22(16-24(27)25(23)28)21-13-11-20(12-14-21)19-9-7-18(8-10-19)6-5-17-3-1-2-4-17/h5-6,15-21H,1-4,7-14H2/t18-,19-,20-,21-. The highest BCUT2D eigenvalue weighted by Gasteiger charge is 2.31. The molecule has 3 saturated carbocycles. The molecule has 0 bridgehead atoms. The van der Waals surface area contributed by atoms with E-state index < -0.39 is 17.5 Å². The molecule has 0 unspecified atom stereocenters. The van der Waals surface area contributed by atoms with E-state index in [1.54, 1.807) is 0 Å². The summed E-state index contributed by atoms with van der Waals surface area (Å²) in [6, 6.07) is 2.40. The highest BCUT2D eigenvalue weighted by Crippen LogP contribution is 2.44. The van der Waals surface area contributed by atoms with E-state index in [4.69, 9.17) is 0 Å². The van der Waals surface area contributed by atoms with Gasteiger partial charge in [0.05, 0.1) is 0 Å². The predicted molar refractivity (Wildman–Crippen MR) is 108 cm³/mol. The molecule has 1 aromatic rings. The van der Waals surface area contributed by atoms with E-state index in [1.165, 1.54) is 63.5 Å². The topological polar surface area (TPSA) is 0 Å². The van der Waals surface area contributed by atoms with Gasteiger partial charge in [0.2, 0.25) is 0 Å². The zero-order chi connectivity index (χ0) is 19.5. The van der Waals surface area contributed by atoms with Crippen LogP contribution in [0.4, 0.5) is 13.2 Å². The van der Waals surface area contributed by atoms with Gasteiger partial charge in [-0.2, -0.15) is 0 Å². The van der Waals surface area contributed by atoms with Crippen molar-refractivity contribution in [3.05, 3.63) is 47.3 Å². The Labute approximate surface area is 167 Å². The third kappa shape index (κ3) is 4.66. The Morgan fingerprint density at radius 3 is 1.61 bits per heavy atom. The van der Waals surface area contributed by atoms with Crippen LogP contribution in [0.15, 0.2) is 24.3 Å². The lowest BCUT2D eigenvalue weighted by molar-refractivity contribution is 0.171. The molecule has 0 aliphatic heterocycles. The van der Waals surface area contributed by atoms with Gasteiger partial charge in [-0.15, -0.1) is 0 Å². The van der Waals surface area contributed by atoms with E-state index in [9.17, 15) is 13.2 Å². The molecule has 1 aromatic carbocycles. The minimum Gasteiger partial charge on any atom is -0.204 e. The molecule has 3 aliphatic rings. The van der Waals surface area contributed by atoms with Crippen LogP contribution in [0.3, 0.4) is 0 Å². The Kier molecular flexibility index (Phi) is 6.48. The number of allylic oxidation sites excluding steroid dienone is 2. The zero-order valence-electron chi connectivity index (χ0n) is 16.8. The molecule has 0 spiro atoms. The zero-order valence-corrected chi connectivity index (χ0v) is 16.8. The van der Waals surface area contributed by atoms with E-state index in [0.717, 1.165) is 49.4 Å². The van der Waals surface area contributed by atoms with Crippen LogP contribution in [0.25, 0.3) is 0 Å². The van der Waals surface area contributed by atoms with Gasteiger partial charge in [0, 0.05) is 0 Å². The minimum atomic E-state index is -1.35. The summed E-state index contributed by atoms with van der Waals surface area (Å²) >= 11 is 0. The van der Waals surface area contributed by atoms with Gasteiger partial charge in [-0.25, -0.2) is 13.2 Å². The Bertz CT molecular complexity index is 650. The lowest BCUT2D eigenvalue weighted by Gasteiger charge is -2.37. The Morgan fingerprint density at radius 2 is 1.07 bits per heavy atom.